The van der Waals surface area contributed by atoms with Crippen LogP contribution >= 0.6 is 0 Å². The summed E-state index contributed by atoms with van der Waals surface area (Å²) in [5, 5.41) is 8.79. The van der Waals surface area contributed by atoms with Gasteiger partial charge in [-0.1, -0.05) is 0 Å². The second-order valence-electron chi connectivity index (χ2n) is 4.93. The highest BCUT2D eigenvalue weighted by molar-refractivity contribution is 5.75. The quantitative estimate of drug-likeness (QED) is 0.688. The molecule has 0 aromatic rings. The minimum absolute atomic E-state index is 0.108. The molecule has 0 atom stereocenters. The van der Waals surface area contributed by atoms with E-state index < -0.39 is 17.3 Å². The van der Waals surface area contributed by atoms with E-state index in [9.17, 15) is 13.6 Å². The molecule has 0 saturated heterocycles. The minimum atomic E-state index is -2.53. The van der Waals surface area contributed by atoms with Gasteiger partial charge in [-0.3, -0.25) is 4.79 Å². The number of carboxylic acids is 1. The molecule has 2 aliphatic carbocycles. The van der Waals surface area contributed by atoms with Gasteiger partial charge in [0.15, 0.2) is 0 Å². The molecule has 0 unspecified atom stereocenters. The van der Waals surface area contributed by atoms with Crippen LogP contribution in [0.1, 0.15) is 32.6 Å². The summed E-state index contributed by atoms with van der Waals surface area (Å²) in [4.78, 5) is 10.7. The zero-order chi connectivity index (χ0) is 9.91. The van der Waals surface area contributed by atoms with Crippen LogP contribution in [0.3, 0.4) is 0 Å². The molecule has 2 fully saturated rings. The third kappa shape index (κ3) is 1.15. The topological polar surface area (TPSA) is 37.3 Å². The van der Waals surface area contributed by atoms with Gasteiger partial charge in [0.05, 0.1) is 5.41 Å². The van der Waals surface area contributed by atoms with E-state index in [0.717, 1.165) is 0 Å². The summed E-state index contributed by atoms with van der Waals surface area (Å²) in [5.41, 5.74) is -1.08. The highest BCUT2D eigenvalue weighted by Crippen LogP contribution is 2.68. The Labute approximate surface area is 74.9 Å². The van der Waals surface area contributed by atoms with Crippen molar-refractivity contribution in [3.8, 4) is 0 Å². The zero-order valence-corrected chi connectivity index (χ0v) is 7.44. The van der Waals surface area contributed by atoms with E-state index in [-0.39, 0.29) is 18.3 Å². The Hall–Kier alpha value is -0.670. The molecule has 2 nitrogen and oxygen atoms in total. The predicted molar refractivity (Wildman–Crippen MR) is 41.6 cm³/mol. The molecule has 0 aliphatic heterocycles. The van der Waals surface area contributed by atoms with Crippen molar-refractivity contribution in [3.63, 3.8) is 0 Å². The van der Waals surface area contributed by atoms with Crippen molar-refractivity contribution in [2.45, 2.75) is 38.5 Å². The summed E-state index contributed by atoms with van der Waals surface area (Å²) in [6.45, 7) is 1.64. The molecule has 0 aromatic heterocycles. The van der Waals surface area contributed by atoms with Crippen LogP contribution in [0.15, 0.2) is 0 Å². The van der Waals surface area contributed by atoms with Gasteiger partial charge < -0.3 is 5.11 Å². The van der Waals surface area contributed by atoms with Gasteiger partial charge in [-0.2, -0.15) is 0 Å². The molecule has 74 valence electrons. The largest absolute Gasteiger partial charge is 0.481 e. The van der Waals surface area contributed by atoms with Crippen LogP contribution in [-0.2, 0) is 4.79 Å². The molecular formula is C9H12F2O2. The molecule has 2 saturated carbocycles. The first-order valence-electron chi connectivity index (χ1n) is 4.38. The number of carbonyl (C=O) groups is 1. The van der Waals surface area contributed by atoms with Crippen LogP contribution in [-0.4, -0.2) is 17.0 Å². The van der Waals surface area contributed by atoms with Crippen LogP contribution in [0.2, 0.25) is 0 Å². The van der Waals surface area contributed by atoms with Gasteiger partial charge in [0.2, 0.25) is 5.92 Å². The lowest BCUT2D eigenvalue weighted by Gasteiger charge is -2.60. The second kappa shape index (κ2) is 2.04. The Balaban J connectivity index is 1.96. The van der Waals surface area contributed by atoms with Crippen LogP contribution in [0, 0.1) is 10.8 Å². The van der Waals surface area contributed by atoms with Crippen molar-refractivity contribution in [1.29, 1.82) is 0 Å². The first kappa shape index (κ1) is 8.91. The van der Waals surface area contributed by atoms with Crippen LogP contribution in [0.5, 0.6) is 0 Å². The number of hydrogen-bond acceptors (Lipinski definition) is 1. The number of alkyl halides is 2. The summed E-state index contributed by atoms with van der Waals surface area (Å²) in [6.07, 6.45) is 0.627. The Morgan fingerprint density at radius 2 is 1.69 bits per heavy atom. The van der Waals surface area contributed by atoms with Crippen molar-refractivity contribution in [3.05, 3.63) is 0 Å². The Morgan fingerprint density at radius 3 is 2.00 bits per heavy atom. The van der Waals surface area contributed by atoms with Crippen LogP contribution in [0.25, 0.3) is 0 Å². The van der Waals surface area contributed by atoms with E-state index in [2.05, 4.69) is 0 Å². The number of aliphatic carboxylic acids is 1. The molecule has 0 heterocycles. The summed E-state index contributed by atoms with van der Waals surface area (Å²) >= 11 is 0. The Bertz CT molecular complexity index is 257. The fraction of sp³-hybridized carbons (Fsp3) is 0.889. The molecule has 0 aromatic carbocycles. The van der Waals surface area contributed by atoms with Gasteiger partial charge in [0.25, 0.3) is 0 Å². The van der Waals surface area contributed by atoms with Gasteiger partial charge in [-0.05, 0) is 25.2 Å². The molecule has 2 rings (SSSR count). The number of hydrogen-bond donors (Lipinski definition) is 1. The van der Waals surface area contributed by atoms with Crippen molar-refractivity contribution in [1.82, 2.24) is 0 Å². The maximum atomic E-state index is 12.6. The third-order valence-corrected chi connectivity index (χ3v) is 3.31. The first-order chi connectivity index (χ1) is 5.77. The normalized spacial score (nSPS) is 31.9. The number of halogens is 2. The molecule has 13 heavy (non-hydrogen) atoms. The lowest BCUT2D eigenvalue weighted by atomic mass is 9.45. The fourth-order valence-corrected chi connectivity index (χ4v) is 3.05. The average Bonchev–Trinajstić information content (AvgIpc) is 1.78. The van der Waals surface area contributed by atoms with Gasteiger partial charge >= 0.3 is 5.97 Å². The molecule has 2 aliphatic rings. The van der Waals surface area contributed by atoms with E-state index in [1.54, 1.807) is 6.92 Å². The van der Waals surface area contributed by atoms with E-state index in [4.69, 9.17) is 5.11 Å². The molecule has 1 spiro atoms. The highest BCUT2D eigenvalue weighted by atomic mass is 19.3. The van der Waals surface area contributed by atoms with Gasteiger partial charge in [-0.25, -0.2) is 8.78 Å². The van der Waals surface area contributed by atoms with E-state index >= 15 is 0 Å². The Kier molecular flexibility index (Phi) is 1.40. The molecule has 0 bridgehead atoms. The third-order valence-electron chi connectivity index (χ3n) is 3.31. The molecular weight excluding hydrogens is 178 g/mol. The zero-order valence-electron chi connectivity index (χ0n) is 7.44. The van der Waals surface area contributed by atoms with E-state index in [1.807, 2.05) is 0 Å². The average molecular weight is 190 g/mol. The second-order valence-corrected chi connectivity index (χ2v) is 4.93. The maximum Gasteiger partial charge on any atom is 0.309 e. The lowest BCUT2D eigenvalue weighted by molar-refractivity contribution is -0.232. The van der Waals surface area contributed by atoms with E-state index in [1.165, 1.54) is 0 Å². The maximum absolute atomic E-state index is 12.6. The van der Waals surface area contributed by atoms with E-state index in [0.29, 0.717) is 12.8 Å². The van der Waals surface area contributed by atoms with Crippen LogP contribution in [0.4, 0.5) is 8.78 Å². The number of rotatable bonds is 1. The Morgan fingerprint density at radius 1 is 1.23 bits per heavy atom. The van der Waals surface area contributed by atoms with Crippen molar-refractivity contribution >= 4 is 5.97 Å². The van der Waals surface area contributed by atoms with Gasteiger partial charge in [0, 0.05) is 12.8 Å². The number of carboxylic acid groups (broad SMARTS) is 1. The van der Waals surface area contributed by atoms with Crippen molar-refractivity contribution in [2.75, 3.05) is 0 Å². The van der Waals surface area contributed by atoms with Crippen molar-refractivity contribution in [2.24, 2.45) is 10.8 Å². The summed E-state index contributed by atoms with van der Waals surface area (Å²) in [6, 6.07) is 0. The standard InChI is InChI=1S/C9H12F2O2/c1-7(6(12)13)2-8(3-7)4-9(10,11)5-8/h2-5H2,1H3,(H,12,13). The predicted octanol–water partition coefficient (Wildman–Crippen LogP) is 2.29. The lowest BCUT2D eigenvalue weighted by Crippen LogP contribution is -2.59. The highest BCUT2D eigenvalue weighted by Gasteiger charge is 2.67. The molecule has 1 N–H and O–H groups in total. The van der Waals surface area contributed by atoms with Crippen molar-refractivity contribution < 1.29 is 18.7 Å². The van der Waals surface area contributed by atoms with Gasteiger partial charge in [0.1, 0.15) is 0 Å². The van der Waals surface area contributed by atoms with Gasteiger partial charge in [-0.15, -0.1) is 0 Å². The van der Waals surface area contributed by atoms with Crippen LogP contribution < -0.4 is 0 Å². The molecule has 0 amide bonds. The fourth-order valence-electron chi connectivity index (χ4n) is 3.05. The smallest absolute Gasteiger partial charge is 0.309 e. The molecule has 0 radical (unpaired) electrons. The monoisotopic (exact) mass is 190 g/mol. The summed E-state index contributed by atoms with van der Waals surface area (Å²) < 4.78 is 25.1. The summed E-state index contributed by atoms with van der Waals surface area (Å²) in [5.74, 6) is -3.38. The SMILES string of the molecule is CC1(C(=O)O)CC2(CC(F)(F)C2)C1. The minimum Gasteiger partial charge on any atom is -0.481 e. The summed E-state index contributed by atoms with van der Waals surface area (Å²) in [7, 11) is 0. The molecule has 4 heteroatoms. The first-order valence-corrected chi connectivity index (χ1v) is 4.38.